The van der Waals surface area contributed by atoms with Gasteiger partial charge in [-0.25, -0.2) is 9.59 Å². The zero-order valence-electron chi connectivity index (χ0n) is 25.4. The van der Waals surface area contributed by atoms with Gasteiger partial charge in [0.25, 0.3) is 0 Å². The molecule has 0 radical (unpaired) electrons. The largest absolute Gasteiger partial charge is 0.479 e. The summed E-state index contributed by atoms with van der Waals surface area (Å²) in [5, 5.41) is 15.9. The highest BCUT2D eigenvalue weighted by atomic mass is 16.5. The highest BCUT2D eigenvalue weighted by molar-refractivity contribution is 5.91. The number of hydrogen-bond acceptors (Lipinski definition) is 4. The van der Waals surface area contributed by atoms with Gasteiger partial charge in [0.15, 0.2) is 0 Å². The van der Waals surface area contributed by atoms with Gasteiger partial charge in [-0.15, -0.1) is 0 Å². The molecule has 0 fully saturated rings. The van der Waals surface area contributed by atoms with E-state index in [2.05, 4.69) is 10.6 Å². The van der Waals surface area contributed by atoms with Gasteiger partial charge in [0, 0.05) is 5.92 Å². The Morgan fingerprint density at radius 2 is 1.04 bits per heavy atom. The molecule has 7 nitrogen and oxygen atoms in total. The van der Waals surface area contributed by atoms with Crippen molar-refractivity contribution in [3.63, 3.8) is 0 Å². The van der Waals surface area contributed by atoms with Gasteiger partial charge >= 0.3 is 12.1 Å². The van der Waals surface area contributed by atoms with E-state index >= 15 is 0 Å². The fourth-order valence-electron chi connectivity index (χ4n) is 6.39. The Kier molecular flexibility index (Phi) is 8.40. The second-order valence-corrected chi connectivity index (χ2v) is 11.7. The van der Waals surface area contributed by atoms with Gasteiger partial charge in [-0.3, -0.25) is 4.79 Å². The van der Waals surface area contributed by atoms with Crippen LogP contribution >= 0.6 is 0 Å². The number of carbonyl (C=O) groups is 3. The minimum absolute atomic E-state index is 0.0148. The highest BCUT2D eigenvalue weighted by Crippen LogP contribution is 2.44. The maximum absolute atomic E-state index is 14.0. The predicted molar refractivity (Wildman–Crippen MR) is 176 cm³/mol. The first-order valence-electron chi connectivity index (χ1n) is 15.2. The fraction of sp³-hybridized carbons (Fsp3) is 0.154. The molecular formula is C39H34N2O5. The number of amides is 2. The van der Waals surface area contributed by atoms with E-state index < -0.39 is 35.5 Å². The average Bonchev–Trinajstić information content (AvgIpc) is 3.41. The normalized spacial score (nSPS) is 13.5. The van der Waals surface area contributed by atoms with Crippen molar-refractivity contribution < 1.29 is 24.2 Å². The van der Waals surface area contributed by atoms with E-state index in [0.717, 1.165) is 38.9 Å². The average molecular weight is 611 g/mol. The maximum Gasteiger partial charge on any atom is 0.408 e. The van der Waals surface area contributed by atoms with Gasteiger partial charge in [-0.2, -0.15) is 0 Å². The molecule has 0 saturated heterocycles. The number of carbonyl (C=O) groups excluding carboxylic acids is 2. The van der Waals surface area contributed by atoms with E-state index in [4.69, 9.17) is 4.74 Å². The number of hydrogen-bond donors (Lipinski definition) is 3. The van der Waals surface area contributed by atoms with Crippen LogP contribution in [0.3, 0.4) is 0 Å². The lowest BCUT2D eigenvalue weighted by Crippen LogP contribution is -2.57. The quantitative estimate of drug-likeness (QED) is 0.150. The molecule has 1 unspecified atom stereocenters. The molecule has 1 aliphatic carbocycles. The lowest BCUT2D eigenvalue weighted by atomic mass is 9.76. The Morgan fingerprint density at radius 1 is 0.630 bits per heavy atom. The third kappa shape index (κ3) is 5.75. The third-order valence-corrected chi connectivity index (χ3v) is 8.66. The fourth-order valence-corrected chi connectivity index (χ4v) is 6.39. The standard InChI is InChI=1S/C39H34N2O5/c1-38(36(43)44,41-37(45)46-26-34-32-23-13-11-21-30(32)31-22-12-14-24-33(31)34)25-35(42)40-39(27-15-5-2-6-16-27,28-17-7-3-8-18-28)29-19-9-4-10-20-29/h2-24,34H,25-26H2,1H3,(H,40,42)(H,41,45)(H,43,44). The first kappa shape index (κ1) is 30.3. The van der Waals surface area contributed by atoms with E-state index in [1.807, 2.05) is 140 Å². The molecule has 6 rings (SSSR count). The number of ether oxygens (including phenoxy) is 1. The van der Waals surface area contributed by atoms with Crippen LogP contribution < -0.4 is 10.6 Å². The number of fused-ring (bicyclic) bond motifs is 3. The highest BCUT2D eigenvalue weighted by Gasteiger charge is 2.43. The van der Waals surface area contributed by atoms with Crippen LogP contribution in [0.4, 0.5) is 4.79 Å². The van der Waals surface area contributed by atoms with Crippen LogP contribution in [-0.2, 0) is 19.9 Å². The van der Waals surface area contributed by atoms with Crippen molar-refractivity contribution in [2.45, 2.75) is 30.3 Å². The number of benzene rings is 5. The van der Waals surface area contributed by atoms with Gasteiger partial charge in [0.2, 0.25) is 5.91 Å². The van der Waals surface area contributed by atoms with Crippen molar-refractivity contribution in [2.24, 2.45) is 0 Å². The Balaban J connectivity index is 1.24. The molecular weight excluding hydrogens is 576 g/mol. The van der Waals surface area contributed by atoms with Crippen LogP contribution in [0, 0.1) is 0 Å². The molecule has 0 bridgehead atoms. The van der Waals surface area contributed by atoms with Crippen LogP contribution in [0.5, 0.6) is 0 Å². The summed E-state index contributed by atoms with van der Waals surface area (Å²) < 4.78 is 5.63. The van der Waals surface area contributed by atoms with Crippen LogP contribution in [0.1, 0.15) is 47.1 Å². The number of carboxylic acid groups (broad SMARTS) is 1. The lowest BCUT2D eigenvalue weighted by molar-refractivity contribution is -0.146. The molecule has 5 aromatic carbocycles. The third-order valence-electron chi connectivity index (χ3n) is 8.66. The Labute approximate surface area is 267 Å². The van der Waals surface area contributed by atoms with Crippen molar-refractivity contribution in [3.05, 3.63) is 167 Å². The number of carboxylic acids is 1. The minimum atomic E-state index is -1.96. The Bertz CT molecular complexity index is 1720. The summed E-state index contributed by atoms with van der Waals surface area (Å²) in [5.41, 5.74) is 3.53. The number of alkyl carbamates (subject to hydrolysis) is 1. The predicted octanol–water partition coefficient (Wildman–Crippen LogP) is 6.87. The zero-order valence-corrected chi connectivity index (χ0v) is 25.4. The maximum atomic E-state index is 14.0. The SMILES string of the molecule is CC(CC(=O)NC(c1ccccc1)(c1ccccc1)c1ccccc1)(NC(=O)OCC1c2ccccc2-c2ccccc21)C(=O)O. The summed E-state index contributed by atoms with van der Waals surface area (Å²) in [6.45, 7) is 1.33. The molecule has 0 aliphatic heterocycles. The first-order chi connectivity index (χ1) is 22.3. The van der Waals surface area contributed by atoms with E-state index in [-0.39, 0.29) is 12.5 Å². The molecule has 5 aromatic rings. The molecule has 1 aliphatic rings. The molecule has 46 heavy (non-hydrogen) atoms. The van der Waals surface area contributed by atoms with Crippen molar-refractivity contribution in [3.8, 4) is 11.1 Å². The first-order valence-corrected chi connectivity index (χ1v) is 15.2. The topological polar surface area (TPSA) is 105 Å². The van der Waals surface area contributed by atoms with Crippen molar-refractivity contribution >= 4 is 18.0 Å². The summed E-state index contributed by atoms with van der Waals surface area (Å²) in [6, 6.07) is 44.5. The summed E-state index contributed by atoms with van der Waals surface area (Å²) in [5.74, 6) is -2.12. The summed E-state index contributed by atoms with van der Waals surface area (Å²) in [4.78, 5) is 39.7. The molecule has 1 atom stereocenters. The van der Waals surface area contributed by atoms with E-state index in [1.54, 1.807) is 0 Å². The van der Waals surface area contributed by atoms with E-state index in [1.165, 1.54) is 6.92 Å². The van der Waals surface area contributed by atoms with Crippen molar-refractivity contribution in [1.82, 2.24) is 10.6 Å². The van der Waals surface area contributed by atoms with Crippen molar-refractivity contribution in [2.75, 3.05) is 6.61 Å². The molecule has 3 N–H and O–H groups in total. The lowest BCUT2D eigenvalue weighted by Gasteiger charge is -2.38. The zero-order chi connectivity index (χ0) is 32.1. The second kappa shape index (κ2) is 12.7. The van der Waals surface area contributed by atoms with Gasteiger partial charge in [0.05, 0.1) is 6.42 Å². The minimum Gasteiger partial charge on any atom is -0.479 e. The van der Waals surface area contributed by atoms with Gasteiger partial charge in [0.1, 0.15) is 17.7 Å². The summed E-state index contributed by atoms with van der Waals surface area (Å²) in [7, 11) is 0. The number of rotatable bonds is 10. The Morgan fingerprint density at radius 3 is 1.48 bits per heavy atom. The van der Waals surface area contributed by atoms with Gasteiger partial charge in [-0.1, -0.05) is 140 Å². The van der Waals surface area contributed by atoms with Gasteiger partial charge in [-0.05, 0) is 45.9 Å². The Hall–Kier alpha value is -5.69. The summed E-state index contributed by atoms with van der Waals surface area (Å²) in [6.07, 6.45) is -1.46. The summed E-state index contributed by atoms with van der Waals surface area (Å²) >= 11 is 0. The molecule has 230 valence electrons. The smallest absolute Gasteiger partial charge is 0.408 e. The van der Waals surface area contributed by atoms with E-state index in [9.17, 15) is 19.5 Å². The molecule has 0 spiro atoms. The van der Waals surface area contributed by atoms with Crippen molar-refractivity contribution in [1.29, 1.82) is 0 Å². The molecule has 0 saturated carbocycles. The van der Waals surface area contributed by atoms with Crippen LogP contribution in [-0.4, -0.2) is 35.2 Å². The van der Waals surface area contributed by atoms with Crippen LogP contribution in [0.15, 0.2) is 140 Å². The molecule has 7 heteroatoms. The number of aliphatic carboxylic acids is 1. The number of nitrogens with one attached hydrogen (secondary N) is 2. The van der Waals surface area contributed by atoms with E-state index in [0.29, 0.717) is 0 Å². The van der Waals surface area contributed by atoms with Crippen LogP contribution in [0.2, 0.25) is 0 Å². The molecule has 2 amide bonds. The van der Waals surface area contributed by atoms with Crippen LogP contribution in [0.25, 0.3) is 11.1 Å². The molecule has 0 aromatic heterocycles. The second-order valence-electron chi connectivity index (χ2n) is 11.7. The molecule has 0 heterocycles. The monoisotopic (exact) mass is 610 g/mol. The van der Waals surface area contributed by atoms with Gasteiger partial charge < -0.3 is 20.5 Å².